The van der Waals surface area contributed by atoms with Crippen molar-refractivity contribution in [3.8, 4) is 5.75 Å². The predicted molar refractivity (Wildman–Crippen MR) is 114 cm³/mol. The zero-order valence-corrected chi connectivity index (χ0v) is 16.9. The molecular formula is C22H19N3O6. The smallest absolute Gasteiger partial charge is 0.420 e. The standard InChI is InChI=1S/C22H19N3O6/c1-23(12-14-3-4-16-10-18(30-2)7-5-15(16)9-14)21(26)13-24-19-8-6-17(25(28)29)11-20(19)31-22(24)27/h3-11H,12-13H2,1-2H3. The van der Waals surface area contributed by atoms with Gasteiger partial charge in [-0.15, -0.1) is 0 Å². The van der Waals surface area contributed by atoms with Gasteiger partial charge in [0, 0.05) is 19.7 Å². The van der Waals surface area contributed by atoms with E-state index in [1.807, 2.05) is 36.4 Å². The zero-order valence-electron chi connectivity index (χ0n) is 16.9. The van der Waals surface area contributed by atoms with E-state index in [0.29, 0.717) is 12.1 Å². The Balaban J connectivity index is 1.52. The normalized spacial score (nSPS) is 11.0. The van der Waals surface area contributed by atoms with E-state index in [2.05, 4.69) is 0 Å². The van der Waals surface area contributed by atoms with Crippen molar-refractivity contribution in [3.63, 3.8) is 0 Å². The Hall–Kier alpha value is -4.14. The van der Waals surface area contributed by atoms with Crippen LogP contribution in [0.4, 0.5) is 5.69 Å². The highest BCUT2D eigenvalue weighted by molar-refractivity contribution is 5.85. The monoisotopic (exact) mass is 421 g/mol. The van der Waals surface area contributed by atoms with E-state index in [0.717, 1.165) is 22.1 Å². The van der Waals surface area contributed by atoms with Gasteiger partial charge in [-0.3, -0.25) is 19.5 Å². The molecule has 0 saturated carbocycles. The molecule has 4 rings (SSSR count). The second kappa shape index (κ2) is 7.94. The highest BCUT2D eigenvalue weighted by atomic mass is 16.6. The first kappa shape index (κ1) is 20.1. The number of likely N-dealkylation sites (N-methyl/N-ethyl adjacent to an activating group) is 1. The van der Waals surface area contributed by atoms with Gasteiger partial charge in [0.15, 0.2) is 5.58 Å². The quantitative estimate of drug-likeness (QED) is 0.349. The third-order valence-electron chi connectivity index (χ3n) is 5.11. The lowest BCUT2D eigenvalue weighted by Gasteiger charge is -2.18. The summed E-state index contributed by atoms with van der Waals surface area (Å²) in [6.45, 7) is 0.127. The van der Waals surface area contributed by atoms with Crippen LogP contribution in [0.2, 0.25) is 0 Å². The minimum Gasteiger partial charge on any atom is -0.497 e. The topological polar surface area (TPSA) is 108 Å². The third kappa shape index (κ3) is 3.97. The highest BCUT2D eigenvalue weighted by Gasteiger charge is 2.18. The number of carbonyl (C=O) groups is 1. The number of nitro benzene ring substituents is 1. The molecule has 1 heterocycles. The number of nitrogens with zero attached hydrogens (tertiary/aromatic N) is 3. The number of oxazole rings is 1. The molecule has 0 atom stereocenters. The van der Waals surface area contributed by atoms with Crippen LogP contribution in [-0.2, 0) is 17.9 Å². The van der Waals surface area contributed by atoms with E-state index < -0.39 is 10.7 Å². The van der Waals surface area contributed by atoms with Crippen molar-refractivity contribution in [2.45, 2.75) is 13.1 Å². The average Bonchev–Trinajstić information content (AvgIpc) is 3.07. The number of benzene rings is 3. The summed E-state index contributed by atoms with van der Waals surface area (Å²) in [4.78, 5) is 36.8. The molecule has 0 spiro atoms. The van der Waals surface area contributed by atoms with Gasteiger partial charge in [-0.25, -0.2) is 4.79 Å². The summed E-state index contributed by atoms with van der Waals surface area (Å²) in [5, 5.41) is 13.0. The second-order valence-electron chi connectivity index (χ2n) is 7.16. The van der Waals surface area contributed by atoms with E-state index in [-0.39, 0.29) is 23.7 Å². The Kier molecular flexibility index (Phi) is 5.16. The van der Waals surface area contributed by atoms with Gasteiger partial charge in [-0.1, -0.05) is 18.2 Å². The molecule has 9 heteroatoms. The van der Waals surface area contributed by atoms with Crippen molar-refractivity contribution >= 4 is 33.5 Å². The fraction of sp³-hybridized carbons (Fsp3) is 0.182. The number of amides is 1. The van der Waals surface area contributed by atoms with Crippen LogP contribution >= 0.6 is 0 Å². The predicted octanol–water partition coefficient (Wildman–Crippen LogP) is 3.32. The molecule has 158 valence electrons. The number of hydrogen-bond donors (Lipinski definition) is 0. The first-order chi connectivity index (χ1) is 14.9. The van der Waals surface area contributed by atoms with Crippen LogP contribution in [0.3, 0.4) is 0 Å². The van der Waals surface area contributed by atoms with Gasteiger partial charge in [-0.05, 0) is 40.6 Å². The summed E-state index contributed by atoms with van der Waals surface area (Å²) in [6.07, 6.45) is 0. The van der Waals surface area contributed by atoms with Crippen LogP contribution in [0.1, 0.15) is 5.56 Å². The third-order valence-corrected chi connectivity index (χ3v) is 5.11. The molecule has 0 bridgehead atoms. The molecule has 1 amide bonds. The molecule has 4 aromatic rings. The second-order valence-corrected chi connectivity index (χ2v) is 7.16. The Morgan fingerprint density at radius 3 is 2.61 bits per heavy atom. The van der Waals surface area contributed by atoms with Gasteiger partial charge in [0.1, 0.15) is 12.3 Å². The van der Waals surface area contributed by atoms with E-state index in [4.69, 9.17) is 9.15 Å². The summed E-state index contributed by atoms with van der Waals surface area (Å²) in [7, 11) is 3.27. The van der Waals surface area contributed by atoms with Gasteiger partial charge in [0.25, 0.3) is 5.69 Å². The summed E-state index contributed by atoms with van der Waals surface area (Å²) >= 11 is 0. The van der Waals surface area contributed by atoms with Crippen molar-refractivity contribution in [2.75, 3.05) is 14.2 Å². The molecule has 0 unspecified atom stereocenters. The fourth-order valence-corrected chi connectivity index (χ4v) is 3.43. The SMILES string of the molecule is COc1ccc2cc(CN(C)C(=O)Cn3c(=O)oc4cc([N+](=O)[O-])ccc43)ccc2c1. The van der Waals surface area contributed by atoms with Gasteiger partial charge in [0.2, 0.25) is 5.91 Å². The lowest BCUT2D eigenvalue weighted by molar-refractivity contribution is -0.384. The van der Waals surface area contributed by atoms with Gasteiger partial charge < -0.3 is 14.1 Å². The molecule has 0 aliphatic rings. The number of non-ortho nitro benzene ring substituents is 1. The minimum absolute atomic E-state index is 0.0691. The van der Waals surface area contributed by atoms with Gasteiger partial charge in [0.05, 0.1) is 23.6 Å². The Labute approximate surface area is 176 Å². The number of rotatable bonds is 6. The number of carbonyl (C=O) groups excluding carboxylic acids is 1. The Morgan fingerprint density at radius 2 is 1.87 bits per heavy atom. The van der Waals surface area contributed by atoms with E-state index in [9.17, 15) is 19.7 Å². The molecular weight excluding hydrogens is 402 g/mol. The number of nitro groups is 1. The van der Waals surface area contributed by atoms with Crippen molar-refractivity contribution in [1.82, 2.24) is 9.47 Å². The first-order valence-electron chi connectivity index (χ1n) is 9.44. The first-order valence-corrected chi connectivity index (χ1v) is 9.44. The van der Waals surface area contributed by atoms with Crippen molar-refractivity contribution in [1.29, 1.82) is 0 Å². The zero-order chi connectivity index (χ0) is 22.1. The van der Waals surface area contributed by atoms with Gasteiger partial charge >= 0.3 is 5.76 Å². The van der Waals surface area contributed by atoms with E-state index >= 15 is 0 Å². The van der Waals surface area contributed by atoms with Gasteiger partial charge in [-0.2, -0.15) is 0 Å². The Bertz CT molecular complexity index is 1370. The molecule has 3 aromatic carbocycles. The van der Waals surface area contributed by atoms with Crippen molar-refractivity contribution in [2.24, 2.45) is 0 Å². The Morgan fingerprint density at radius 1 is 1.13 bits per heavy atom. The largest absolute Gasteiger partial charge is 0.497 e. The van der Waals surface area contributed by atoms with Crippen LogP contribution in [0.5, 0.6) is 5.75 Å². The molecule has 0 aliphatic carbocycles. The highest BCUT2D eigenvalue weighted by Crippen LogP contribution is 2.23. The number of fused-ring (bicyclic) bond motifs is 2. The maximum atomic E-state index is 12.7. The molecule has 9 nitrogen and oxygen atoms in total. The molecule has 0 fully saturated rings. The molecule has 0 N–H and O–H groups in total. The maximum absolute atomic E-state index is 12.7. The van der Waals surface area contributed by atoms with Crippen LogP contribution in [0, 0.1) is 10.1 Å². The lowest BCUT2D eigenvalue weighted by Crippen LogP contribution is -2.32. The number of aromatic nitrogens is 1. The minimum atomic E-state index is -0.739. The molecule has 0 aliphatic heterocycles. The number of hydrogen-bond acceptors (Lipinski definition) is 6. The fourth-order valence-electron chi connectivity index (χ4n) is 3.43. The van der Waals surface area contributed by atoms with Crippen molar-refractivity contribution in [3.05, 3.63) is 80.8 Å². The summed E-state index contributed by atoms with van der Waals surface area (Å²) in [5.41, 5.74) is 1.15. The molecule has 0 radical (unpaired) electrons. The van der Waals surface area contributed by atoms with Crippen molar-refractivity contribution < 1.29 is 18.9 Å². The number of ether oxygens (including phenoxy) is 1. The molecule has 31 heavy (non-hydrogen) atoms. The average molecular weight is 421 g/mol. The van der Waals surface area contributed by atoms with Crippen LogP contribution < -0.4 is 10.5 Å². The summed E-state index contributed by atoms with van der Waals surface area (Å²) in [5.74, 6) is -0.259. The maximum Gasteiger partial charge on any atom is 0.420 e. The molecule has 1 aromatic heterocycles. The van der Waals surface area contributed by atoms with E-state index in [1.54, 1.807) is 14.2 Å². The van der Waals surface area contributed by atoms with E-state index in [1.165, 1.54) is 27.7 Å². The summed E-state index contributed by atoms with van der Waals surface area (Å²) < 4.78 is 11.5. The summed E-state index contributed by atoms with van der Waals surface area (Å²) in [6, 6.07) is 15.5. The number of methoxy groups -OCH3 is 1. The van der Waals surface area contributed by atoms with Crippen LogP contribution in [0.25, 0.3) is 21.9 Å². The lowest BCUT2D eigenvalue weighted by atomic mass is 10.1. The molecule has 0 saturated heterocycles. The van der Waals surface area contributed by atoms with Crippen LogP contribution in [0.15, 0.2) is 63.8 Å². The van der Waals surface area contributed by atoms with Crippen LogP contribution in [-0.4, -0.2) is 34.5 Å².